The van der Waals surface area contributed by atoms with Gasteiger partial charge in [-0.25, -0.2) is 0 Å². The third kappa shape index (κ3) is 3.60. The number of likely N-dealkylation sites (tertiary alicyclic amines) is 1. The van der Waals surface area contributed by atoms with Crippen molar-refractivity contribution < 1.29 is 9.53 Å². The first-order valence-electron chi connectivity index (χ1n) is 8.31. The van der Waals surface area contributed by atoms with E-state index < -0.39 is 0 Å². The van der Waals surface area contributed by atoms with Crippen LogP contribution in [0.2, 0.25) is 0 Å². The number of hydrogen-bond acceptors (Lipinski definition) is 4. The van der Waals surface area contributed by atoms with Crippen LogP contribution in [0.3, 0.4) is 0 Å². The van der Waals surface area contributed by atoms with Gasteiger partial charge in [-0.3, -0.25) is 4.79 Å². The number of piperidine rings is 1. The second-order valence-corrected chi connectivity index (χ2v) is 6.62. The summed E-state index contributed by atoms with van der Waals surface area (Å²) in [6.45, 7) is 6.01. The number of rotatable bonds is 5. The summed E-state index contributed by atoms with van der Waals surface area (Å²) >= 11 is 0. The third-order valence-electron chi connectivity index (χ3n) is 4.61. The molecule has 0 bridgehead atoms. The Morgan fingerprint density at radius 2 is 2.13 bits per heavy atom. The summed E-state index contributed by atoms with van der Waals surface area (Å²) in [5.41, 5.74) is 13.4. The predicted molar refractivity (Wildman–Crippen MR) is 91.6 cm³/mol. The van der Waals surface area contributed by atoms with Crippen molar-refractivity contribution in [2.45, 2.75) is 25.7 Å². The molecule has 1 saturated heterocycles. The van der Waals surface area contributed by atoms with Gasteiger partial charge in [-0.1, -0.05) is 12.6 Å². The number of nitrogen functional groups attached to an aromatic ring is 1. The Hall–Kier alpha value is -2.17. The maximum absolute atomic E-state index is 12.2. The van der Waals surface area contributed by atoms with Gasteiger partial charge in [-0.15, -0.1) is 0 Å². The average Bonchev–Trinajstić information content (AvgIpc) is 3.37. The molecule has 5 nitrogen and oxygen atoms in total. The topological polar surface area (TPSA) is 81.6 Å². The molecular formula is C18H25N3O2. The van der Waals surface area contributed by atoms with Crippen LogP contribution in [0.15, 0.2) is 24.8 Å². The lowest BCUT2D eigenvalue weighted by atomic mass is 9.98. The molecule has 3 rings (SSSR count). The number of benzene rings is 1. The lowest BCUT2D eigenvalue weighted by molar-refractivity contribution is -0.134. The van der Waals surface area contributed by atoms with Crippen LogP contribution in [-0.2, 0) is 4.79 Å². The Morgan fingerprint density at radius 3 is 2.83 bits per heavy atom. The molecule has 2 fully saturated rings. The van der Waals surface area contributed by atoms with E-state index in [1.54, 1.807) is 6.07 Å². The van der Waals surface area contributed by atoms with E-state index in [0.717, 1.165) is 38.8 Å². The highest BCUT2D eigenvalue weighted by atomic mass is 16.5. The lowest BCUT2D eigenvalue weighted by Gasteiger charge is -2.33. The van der Waals surface area contributed by atoms with Crippen molar-refractivity contribution in [2.75, 3.05) is 25.4 Å². The predicted octanol–water partition coefficient (Wildman–Crippen LogP) is 2.23. The largest absolute Gasteiger partial charge is 0.492 e. The van der Waals surface area contributed by atoms with Crippen LogP contribution in [0.4, 0.5) is 5.69 Å². The van der Waals surface area contributed by atoms with Crippen molar-refractivity contribution in [3.8, 4) is 5.75 Å². The molecule has 1 heterocycles. The summed E-state index contributed by atoms with van der Waals surface area (Å²) in [5, 5.41) is 0. The van der Waals surface area contributed by atoms with E-state index in [1.165, 1.54) is 0 Å². The summed E-state index contributed by atoms with van der Waals surface area (Å²) in [6, 6.07) is 5.50. The molecular weight excluding hydrogens is 290 g/mol. The normalized spacial score (nSPS) is 21.0. The van der Waals surface area contributed by atoms with Crippen molar-refractivity contribution in [3.05, 3.63) is 30.3 Å². The molecule has 1 aliphatic carbocycles. The van der Waals surface area contributed by atoms with Gasteiger partial charge >= 0.3 is 0 Å². The van der Waals surface area contributed by atoms with E-state index in [1.807, 2.05) is 17.0 Å². The molecule has 0 spiro atoms. The maximum atomic E-state index is 12.2. The number of carbonyl (C=O) groups is 1. The smallest absolute Gasteiger partial charge is 0.225 e. The highest BCUT2D eigenvalue weighted by Crippen LogP contribution is 2.33. The Kier molecular flexibility index (Phi) is 4.46. The summed E-state index contributed by atoms with van der Waals surface area (Å²) in [5.74, 6) is 1.64. The first-order valence-corrected chi connectivity index (χ1v) is 8.31. The summed E-state index contributed by atoms with van der Waals surface area (Å²) < 4.78 is 5.96. The first-order chi connectivity index (χ1) is 11.1. The van der Waals surface area contributed by atoms with E-state index in [2.05, 4.69) is 6.58 Å². The number of anilines is 1. The molecule has 0 radical (unpaired) electrons. The summed E-state index contributed by atoms with van der Waals surface area (Å²) in [7, 11) is 0. The fraction of sp³-hybridized carbons (Fsp3) is 0.500. The molecule has 4 N–H and O–H groups in total. The highest BCUT2D eigenvalue weighted by molar-refractivity contribution is 5.81. The molecule has 1 atom stereocenters. The Bertz CT molecular complexity index is 610. The van der Waals surface area contributed by atoms with Gasteiger partial charge in [-0.05, 0) is 37.8 Å². The van der Waals surface area contributed by atoms with Crippen LogP contribution in [0.5, 0.6) is 5.75 Å². The zero-order valence-corrected chi connectivity index (χ0v) is 13.5. The van der Waals surface area contributed by atoms with Crippen molar-refractivity contribution in [2.24, 2.45) is 17.6 Å². The number of nitrogens with two attached hydrogens (primary N) is 2. The van der Waals surface area contributed by atoms with E-state index in [4.69, 9.17) is 16.2 Å². The maximum Gasteiger partial charge on any atom is 0.225 e. The number of ether oxygens (including phenoxy) is 1. The van der Waals surface area contributed by atoms with Crippen molar-refractivity contribution in [1.29, 1.82) is 0 Å². The second kappa shape index (κ2) is 6.52. The van der Waals surface area contributed by atoms with Crippen molar-refractivity contribution in [1.82, 2.24) is 4.90 Å². The van der Waals surface area contributed by atoms with E-state index in [-0.39, 0.29) is 5.92 Å². The molecule has 2 aliphatic rings. The van der Waals surface area contributed by atoms with Gasteiger partial charge in [-0.2, -0.15) is 0 Å². The number of nitrogens with zero attached hydrogens (tertiary/aromatic N) is 1. The zero-order valence-electron chi connectivity index (χ0n) is 13.5. The van der Waals surface area contributed by atoms with Crippen LogP contribution in [0, 0.1) is 11.8 Å². The molecule has 23 heavy (non-hydrogen) atoms. The standard InChI is InChI=1S/C18H25N3O2/c1-12(19)17-15(20)5-2-6-16(17)23-11-13-4-3-9-21(10-13)18(22)14-7-8-14/h2,5-6,13-14H,1,3-4,7-11,19-20H2. The first kappa shape index (κ1) is 15.7. The van der Waals surface area contributed by atoms with Gasteiger partial charge in [0.05, 0.1) is 12.2 Å². The molecule has 5 heteroatoms. The molecule has 1 saturated carbocycles. The van der Waals surface area contributed by atoms with E-state index >= 15 is 0 Å². The third-order valence-corrected chi connectivity index (χ3v) is 4.61. The van der Waals surface area contributed by atoms with Gasteiger partial charge in [0.15, 0.2) is 0 Å². The highest BCUT2D eigenvalue weighted by Gasteiger charge is 2.35. The number of hydrogen-bond donors (Lipinski definition) is 2. The number of carbonyl (C=O) groups excluding carboxylic acids is 1. The van der Waals surface area contributed by atoms with Crippen molar-refractivity contribution >= 4 is 17.3 Å². The second-order valence-electron chi connectivity index (χ2n) is 6.62. The summed E-state index contributed by atoms with van der Waals surface area (Å²) in [4.78, 5) is 14.2. The molecule has 0 aromatic heterocycles. The quantitative estimate of drug-likeness (QED) is 0.816. The van der Waals surface area contributed by atoms with Crippen LogP contribution < -0.4 is 16.2 Å². The molecule has 1 amide bonds. The minimum atomic E-state index is 0.288. The van der Waals surface area contributed by atoms with Crippen LogP contribution in [-0.4, -0.2) is 30.5 Å². The van der Waals surface area contributed by atoms with E-state index in [9.17, 15) is 4.79 Å². The van der Waals surface area contributed by atoms with Crippen LogP contribution in [0.1, 0.15) is 31.2 Å². The minimum absolute atomic E-state index is 0.288. The van der Waals surface area contributed by atoms with Gasteiger partial charge < -0.3 is 21.1 Å². The molecule has 1 aliphatic heterocycles. The lowest BCUT2D eigenvalue weighted by Crippen LogP contribution is -2.42. The zero-order chi connectivity index (χ0) is 16.4. The van der Waals surface area contributed by atoms with Gasteiger partial charge in [0.1, 0.15) is 5.75 Å². The number of amides is 1. The fourth-order valence-corrected chi connectivity index (χ4v) is 3.21. The van der Waals surface area contributed by atoms with E-state index in [0.29, 0.717) is 41.1 Å². The summed E-state index contributed by atoms with van der Waals surface area (Å²) in [6.07, 6.45) is 4.24. The Labute approximate surface area is 137 Å². The molecule has 1 unspecified atom stereocenters. The van der Waals surface area contributed by atoms with Gasteiger partial charge in [0.25, 0.3) is 0 Å². The van der Waals surface area contributed by atoms with Crippen molar-refractivity contribution in [3.63, 3.8) is 0 Å². The molecule has 1 aromatic rings. The van der Waals surface area contributed by atoms with Crippen LogP contribution >= 0.6 is 0 Å². The van der Waals surface area contributed by atoms with Gasteiger partial charge in [0.2, 0.25) is 5.91 Å². The minimum Gasteiger partial charge on any atom is -0.492 e. The monoisotopic (exact) mass is 315 g/mol. The Morgan fingerprint density at radius 1 is 1.35 bits per heavy atom. The fourth-order valence-electron chi connectivity index (χ4n) is 3.21. The van der Waals surface area contributed by atoms with Crippen LogP contribution in [0.25, 0.3) is 5.70 Å². The van der Waals surface area contributed by atoms with Gasteiger partial charge in [0, 0.05) is 36.3 Å². The SMILES string of the molecule is C=C(N)c1c(N)cccc1OCC1CCCN(C(=O)C2CC2)C1. The average molecular weight is 315 g/mol. The molecule has 1 aromatic carbocycles. The Balaban J connectivity index is 1.61. The molecule has 124 valence electrons.